The van der Waals surface area contributed by atoms with Crippen LogP contribution in [0.25, 0.3) is 10.9 Å². The summed E-state index contributed by atoms with van der Waals surface area (Å²) in [6, 6.07) is 7.19. The second-order valence-corrected chi connectivity index (χ2v) is 7.78. The molecule has 3 heterocycles. The highest BCUT2D eigenvalue weighted by Crippen LogP contribution is 2.39. The minimum atomic E-state index is -0.154. The highest BCUT2D eigenvalue weighted by molar-refractivity contribution is 6.02. The number of carbonyl (C=O) groups is 2. The lowest BCUT2D eigenvalue weighted by atomic mass is 9.73. The fourth-order valence-electron chi connectivity index (χ4n) is 4.58. The third kappa shape index (κ3) is 3.13. The first-order valence-electron chi connectivity index (χ1n) is 9.67. The van der Waals surface area contributed by atoms with Crippen LogP contribution in [0.4, 0.5) is 0 Å². The van der Waals surface area contributed by atoms with E-state index in [1.54, 1.807) is 12.3 Å². The van der Waals surface area contributed by atoms with Gasteiger partial charge in [-0.2, -0.15) is 0 Å². The third-order valence-electron chi connectivity index (χ3n) is 6.06. The minimum absolute atomic E-state index is 0.0253. The molecule has 2 fully saturated rings. The molecule has 6 heteroatoms. The Kier molecular flexibility index (Phi) is 4.50. The number of benzene rings is 1. The molecule has 0 aliphatic carbocycles. The zero-order valence-electron chi connectivity index (χ0n) is 15.6. The third-order valence-corrected chi connectivity index (χ3v) is 6.06. The number of aromatic hydroxyl groups is 1. The second kappa shape index (κ2) is 6.83. The highest BCUT2D eigenvalue weighted by Gasteiger charge is 2.42. The van der Waals surface area contributed by atoms with Crippen molar-refractivity contribution in [3.8, 4) is 5.75 Å². The maximum Gasteiger partial charge on any atom is 0.257 e. The molecule has 1 aromatic heterocycles. The molecule has 2 saturated heterocycles. The lowest BCUT2D eigenvalue weighted by Crippen LogP contribution is -2.55. The van der Waals surface area contributed by atoms with E-state index in [2.05, 4.69) is 4.98 Å². The van der Waals surface area contributed by atoms with Crippen molar-refractivity contribution >= 4 is 22.7 Å². The van der Waals surface area contributed by atoms with E-state index in [-0.39, 0.29) is 23.0 Å². The quantitative estimate of drug-likeness (QED) is 0.886. The van der Waals surface area contributed by atoms with Crippen molar-refractivity contribution in [3.63, 3.8) is 0 Å². The van der Waals surface area contributed by atoms with Crippen molar-refractivity contribution in [2.24, 2.45) is 5.41 Å². The molecule has 4 rings (SSSR count). The van der Waals surface area contributed by atoms with Crippen LogP contribution in [0.2, 0.25) is 0 Å². The van der Waals surface area contributed by atoms with Crippen LogP contribution in [0.3, 0.4) is 0 Å². The van der Waals surface area contributed by atoms with Gasteiger partial charge in [-0.05, 0) is 38.3 Å². The van der Waals surface area contributed by atoms with E-state index < -0.39 is 0 Å². The molecule has 1 unspecified atom stereocenters. The summed E-state index contributed by atoms with van der Waals surface area (Å²) in [7, 11) is 0. The summed E-state index contributed by atoms with van der Waals surface area (Å²) < 4.78 is 0. The minimum Gasteiger partial charge on any atom is -0.505 e. The Hall–Kier alpha value is -2.63. The Balaban J connectivity index is 1.59. The van der Waals surface area contributed by atoms with Crippen LogP contribution in [0.5, 0.6) is 5.75 Å². The fourth-order valence-corrected chi connectivity index (χ4v) is 4.58. The van der Waals surface area contributed by atoms with Gasteiger partial charge >= 0.3 is 0 Å². The van der Waals surface area contributed by atoms with Crippen molar-refractivity contribution in [3.05, 3.63) is 36.0 Å². The van der Waals surface area contributed by atoms with E-state index in [9.17, 15) is 14.7 Å². The summed E-state index contributed by atoms with van der Waals surface area (Å²) in [5, 5.41) is 11.4. The van der Waals surface area contributed by atoms with Crippen LogP contribution in [-0.2, 0) is 4.79 Å². The molecule has 1 aromatic carbocycles. The molecule has 1 spiro atoms. The Labute approximate surface area is 158 Å². The first kappa shape index (κ1) is 17.8. The topological polar surface area (TPSA) is 73.7 Å². The number of phenolic OH excluding ortho intramolecular Hbond substituents is 1. The zero-order chi connectivity index (χ0) is 19.0. The first-order chi connectivity index (χ1) is 13.0. The summed E-state index contributed by atoms with van der Waals surface area (Å²) in [5.74, 6) is 0.00984. The Bertz CT molecular complexity index is 897. The summed E-state index contributed by atoms with van der Waals surface area (Å²) >= 11 is 0. The van der Waals surface area contributed by atoms with Gasteiger partial charge in [0.25, 0.3) is 5.91 Å². The summed E-state index contributed by atoms with van der Waals surface area (Å²) in [4.78, 5) is 33.2. The molecular formula is C21H25N3O3. The number of piperidine rings is 2. The van der Waals surface area contributed by atoms with Crippen molar-refractivity contribution < 1.29 is 14.7 Å². The Morgan fingerprint density at radius 3 is 2.93 bits per heavy atom. The number of phenols is 1. The van der Waals surface area contributed by atoms with Gasteiger partial charge in [0, 0.05) is 49.6 Å². The Morgan fingerprint density at radius 1 is 1.26 bits per heavy atom. The number of rotatable bonds is 2. The average molecular weight is 367 g/mol. The van der Waals surface area contributed by atoms with Gasteiger partial charge in [0.2, 0.25) is 5.91 Å². The number of pyridine rings is 1. The molecule has 2 amide bonds. The SMILES string of the molecule is CCN1CC2(CCCN(C(=O)c3ccc4cccnc4c3O)C2)CCC1=O. The lowest BCUT2D eigenvalue weighted by Gasteiger charge is -2.48. The molecule has 0 bridgehead atoms. The summed E-state index contributed by atoms with van der Waals surface area (Å²) in [5.41, 5.74) is 0.732. The van der Waals surface area contributed by atoms with Crippen LogP contribution in [0.1, 0.15) is 43.0 Å². The number of hydrogen-bond acceptors (Lipinski definition) is 4. The van der Waals surface area contributed by atoms with Gasteiger partial charge in [-0.15, -0.1) is 0 Å². The fraction of sp³-hybridized carbons (Fsp3) is 0.476. The van der Waals surface area contributed by atoms with Gasteiger partial charge in [0.05, 0.1) is 5.56 Å². The van der Waals surface area contributed by atoms with Crippen molar-refractivity contribution in [1.82, 2.24) is 14.8 Å². The van der Waals surface area contributed by atoms with Crippen molar-refractivity contribution in [1.29, 1.82) is 0 Å². The van der Waals surface area contributed by atoms with Gasteiger partial charge in [0.15, 0.2) is 5.75 Å². The van der Waals surface area contributed by atoms with Crippen LogP contribution in [0.15, 0.2) is 30.5 Å². The smallest absolute Gasteiger partial charge is 0.257 e. The second-order valence-electron chi connectivity index (χ2n) is 7.78. The molecule has 2 aromatic rings. The summed E-state index contributed by atoms with van der Waals surface area (Å²) in [6.45, 7) is 4.75. The molecular weight excluding hydrogens is 342 g/mol. The molecule has 27 heavy (non-hydrogen) atoms. The molecule has 1 N–H and O–H groups in total. The van der Waals surface area contributed by atoms with E-state index in [1.165, 1.54) is 0 Å². The van der Waals surface area contributed by atoms with E-state index >= 15 is 0 Å². The predicted molar refractivity (Wildman–Crippen MR) is 102 cm³/mol. The first-order valence-corrected chi connectivity index (χ1v) is 9.67. The number of fused-ring (bicyclic) bond motifs is 1. The average Bonchev–Trinajstić information content (AvgIpc) is 2.70. The van der Waals surface area contributed by atoms with Crippen LogP contribution >= 0.6 is 0 Å². The number of hydrogen-bond donors (Lipinski definition) is 1. The van der Waals surface area contributed by atoms with Gasteiger partial charge in [-0.25, -0.2) is 0 Å². The predicted octanol–water partition coefficient (Wildman–Crippen LogP) is 2.81. The van der Waals surface area contributed by atoms with Gasteiger partial charge in [-0.1, -0.05) is 12.1 Å². The van der Waals surface area contributed by atoms with Crippen molar-refractivity contribution in [2.45, 2.75) is 32.6 Å². The van der Waals surface area contributed by atoms with Crippen LogP contribution in [-0.4, -0.2) is 57.9 Å². The molecule has 0 saturated carbocycles. The van der Waals surface area contributed by atoms with Crippen molar-refractivity contribution in [2.75, 3.05) is 26.2 Å². The van der Waals surface area contributed by atoms with Crippen LogP contribution in [0, 0.1) is 5.41 Å². The van der Waals surface area contributed by atoms with Gasteiger partial charge in [0.1, 0.15) is 5.52 Å². The van der Waals surface area contributed by atoms with Crippen LogP contribution < -0.4 is 0 Å². The van der Waals surface area contributed by atoms with E-state index in [0.29, 0.717) is 37.1 Å². The molecule has 1 atom stereocenters. The largest absolute Gasteiger partial charge is 0.505 e. The molecule has 142 valence electrons. The molecule has 6 nitrogen and oxygen atoms in total. The molecule has 0 radical (unpaired) electrons. The Morgan fingerprint density at radius 2 is 2.11 bits per heavy atom. The number of amides is 2. The normalized spacial score (nSPS) is 23.2. The van der Waals surface area contributed by atoms with Gasteiger partial charge in [-0.3, -0.25) is 14.6 Å². The highest BCUT2D eigenvalue weighted by atomic mass is 16.3. The van der Waals surface area contributed by atoms with Gasteiger partial charge < -0.3 is 14.9 Å². The molecule has 2 aliphatic rings. The van der Waals surface area contributed by atoms with E-state index in [4.69, 9.17) is 0 Å². The number of nitrogens with zero attached hydrogens (tertiary/aromatic N) is 3. The summed E-state index contributed by atoms with van der Waals surface area (Å²) in [6.07, 6.45) is 4.96. The number of aromatic nitrogens is 1. The monoisotopic (exact) mass is 367 g/mol. The number of likely N-dealkylation sites (tertiary alicyclic amines) is 2. The molecule has 2 aliphatic heterocycles. The maximum atomic E-state index is 13.2. The lowest BCUT2D eigenvalue weighted by molar-refractivity contribution is -0.138. The standard InChI is InChI=1S/C21H25N3O3/c1-2-23-13-21(10-8-17(23)25)9-4-12-24(14-21)20(27)16-7-6-15-5-3-11-22-18(15)19(16)26/h3,5-7,11,26H,2,4,8-10,12-14H2,1H3. The van der Waals surface area contributed by atoms with E-state index in [0.717, 1.165) is 31.2 Å². The van der Waals surface area contributed by atoms with E-state index in [1.807, 2.05) is 34.9 Å². The maximum absolute atomic E-state index is 13.2. The zero-order valence-corrected chi connectivity index (χ0v) is 15.6. The number of carbonyl (C=O) groups excluding carboxylic acids is 2.